The number of hydrogen-bond donors (Lipinski definition) is 3. The Morgan fingerprint density at radius 3 is 2.38 bits per heavy atom. The topological polar surface area (TPSA) is 135 Å². The fourth-order valence-electron chi connectivity index (χ4n) is 4.10. The number of imidazole rings is 1. The van der Waals surface area contributed by atoms with Crippen LogP contribution in [0.4, 0.5) is 5.82 Å². The summed E-state index contributed by atoms with van der Waals surface area (Å²) in [7, 11) is 0. The molecule has 0 unspecified atom stereocenters. The zero-order chi connectivity index (χ0) is 24.2. The molecule has 0 aliphatic carbocycles. The molecule has 0 saturated carbocycles. The van der Waals surface area contributed by atoms with E-state index in [1.165, 1.54) is 4.90 Å². The number of unbranched alkanes of at least 4 members (excludes halogenated alkanes) is 1. The van der Waals surface area contributed by atoms with Gasteiger partial charge in [-0.05, 0) is 29.0 Å². The molecule has 3 heterocycles. The monoisotopic (exact) mass is 481 g/mol. The van der Waals surface area contributed by atoms with Crippen molar-refractivity contribution in [2.45, 2.75) is 39.3 Å². The van der Waals surface area contributed by atoms with Crippen LogP contribution in [-0.2, 0) is 29.1 Å². The maximum Gasteiger partial charge on any atom is 0.317 e. The summed E-state index contributed by atoms with van der Waals surface area (Å²) in [5.41, 5.74) is 10.8. The van der Waals surface area contributed by atoms with Gasteiger partial charge in [-0.2, -0.15) is 0 Å². The minimum absolute atomic E-state index is 0.243. The summed E-state index contributed by atoms with van der Waals surface area (Å²) in [5.74, 6) is -0.703. The molecule has 0 atom stereocenters. The first-order valence-corrected chi connectivity index (χ1v) is 12.0. The Labute approximate surface area is 200 Å². The number of fused-ring (bicyclic) bond motifs is 3. The SMILES string of the molecule is CCCCc1nc2c(N)nc3ccsc3c2n1Cc1ccc(CN(CC(=O)O)CC(=O)O)cc1. The molecule has 4 rings (SSSR count). The summed E-state index contributed by atoms with van der Waals surface area (Å²) in [6.07, 6.45) is 2.92. The Balaban J connectivity index is 1.64. The maximum absolute atomic E-state index is 11.1. The van der Waals surface area contributed by atoms with Gasteiger partial charge in [0, 0.05) is 19.5 Å². The minimum Gasteiger partial charge on any atom is -0.480 e. The normalized spacial score (nSPS) is 11.6. The first-order valence-electron chi connectivity index (χ1n) is 11.1. The van der Waals surface area contributed by atoms with Crippen LogP contribution < -0.4 is 5.73 Å². The number of aromatic nitrogens is 3. The standard InChI is InChI=1S/C24H27N5O4S/c1-2-3-4-18-27-21-22(23-17(9-10-34-23)26-24(21)25)29(18)12-16-7-5-15(6-8-16)11-28(13-19(30)31)14-20(32)33/h5-10H,2-4,11-14H2,1H3,(H2,25,26)(H,30,31)(H,32,33). The molecule has 0 spiro atoms. The highest BCUT2D eigenvalue weighted by atomic mass is 32.1. The van der Waals surface area contributed by atoms with E-state index < -0.39 is 11.9 Å². The highest BCUT2D eigenvalue weighted by Crippen LogP contribution is 2.33. The average molecular weight is 482 g/mol. The van der Waals surface area contributed by atoms with Crippen molar-refractivity contribution in [3.05, 3.63) is 52.7 Å². The fourth-order valence-corrected chi connectivity index (χ4v) is 4.98. The van der Waals surface area contributed by atoms with E-state index >= 15 is 0 Å². The quantitative estimate of drug-likeness (QED) is 0.296. The van der Waals surface area contributed by atoms with Gasteiger partial charge in [0.25, 0.3) is 0 Å². The van der Waals surface area contributed by atoms with Gasteiger partial charge in [-0.15, -0.1) is 11.3 Å². The molecule has 0 aliphatic rings. The third-order valence-corrected chi connectivity index (χ3v) is 6.54. The smallest absolute Gasteiger partial charge is 0.317 e. The van der Waals surface area contributed by atoms with E-state index in [0.717, 1.165) is 57.5 Å². The number of nitrogens with two attached hydrogens (primary N) is 1. The molecule has 9 nitrogen and oxygen atoms in total. The molecule has 4 aromatic rings. The third-order valence-electron chi connectivity index (χ3n) is 5.63. The van der Waals surface area contributed by atoms with Gasteiger partial charge in [0.1, 0.15) is 11.3 Å². The zero-order valence-electron chi connectivity index (χ0n) is 18.9. The Hall–Kier alpha value is -3.50. The van der Waals surface area contributed by atoms with Gasteiger partial charge in [-0.25, -0.2) is 9.97 Å². The number of thiophene rings is 1. The molecule has 0 bridgehead atoms. The Kier molecular flexibility index (Phi) is 7.09. The summed E-state index contributed by atoms with van der Waals surface area (Å²) in [4.78, 5) is 32.9. The van der Waals surface area contributed by atoms with Crippen molar-refractivity contribution in [1.82, 2.24) is 19.4 Å². The van der Waals surface area contributed by atoms with Crippen LogP contribution in [0, 0.1) is 0 Å². The number of aryl methyl sites for hydroxylation is 1. The molecule has 10 heteroatoms. The van der Waals surface area contributed by atoms with E-state index in [2.05, 4.69) is 16.5 Å². The first kappa shape index (κ1) is 23.7. The van der Waals surface area contributed by atoms with Gasteiger partial charge in [-0.1, -0.05) is 37.6 Å². The van der Waals surface area contributed by atoms with Gasteiger partial charge in [0.2, 0.25) is 0 Å². The first-order chi connectivity index (χ1) is 16.4. The molecule has 0 aliphatic heterocycles. The van der Waals surface area contributed by atoms with Crippen molar-refractivity contribution < 1.29 is 19.8 Å². The summed E-state index contributed by atoms with van der Waals surface area (Å²) in [6.45, 7) is 2.34. The van der Waals surface area contributed by atoms with Crippen molar-refractivity contribution >= 4 is 50.3 Å². The van der Waals surface area contributed by atoms with Crippen LogP contribution in [0.5, 0.6) is 0 Å². The highest BCUT2D eigenvalue weighted by Gasteiger charge is 2.19. The largest absolute Gasteiger partial charge is 0.480 e. The number of hydrogen-bond acceptors (Lipinski definition) is 7. The van der Waals surface area contributed by atoms with Gasteiger partial charge in [0.15, 0.2) is 5.82 Å². The van der Waals surface area contributed by atoms with E-state index in [1.54, 1.807) is 11.3 Å². The Morgan fingerprint density at radius 2 is 1.74 bits per heavy atom. The number of nitrogen functional groups attached to an aromatic ring is 1. The lowest BCUT2D eigenvalue weighted by molar-refractivity contribution is -0.142. The number of aliphatic carboxylic acids is 2. The van der Waals surface area contributed by atoms with Crippen LogP contribution in [0.15, 0.2) is 35.7 Å². The van der Waals surface area contributed by atoms with E-state index in [0.29, 0.717) is 12.4 Å². The number of nitrogens with zero attached hydrogens (tertiary/aromatic N) is 4. The fraction of sp³-hybridized carbons (Fsp3) is 0.333. The van der Waals surface area contributed by atoms with Gasteiger partial charge >= 0.3 is 11.9 Å². The van der Waals surface area contributed by atoms with Crippen LogP contribution in [0.25, 0.3) is 21.3 Å². The van der Waals surface area contributed by atoms with Crippen molar-refractivity contribution in [3.63, 3.8) is 0 Å². The van der Waals surface area contributed by atoms with Crippen molar-refractivity contribution in [3.8, 4) is 0 Å². The van der Waals surface area contributed by atoms with Gasteiger partial charge in [-0.3, -0.25) is 14.5 Å². The number of carbonyl (C=O) groups is 2. The number of pyridine rings is 1. The molecule has 0 fully saturated rings. The summed E-state index contributed by atoms with van der Waals surface area (Å²) >= 11 is 1.63. The second-order valence-corrected chi connectivity index (χ2v) is 9.21. The summed E-state index contributed by atoms with van der Waals surface area (Å²) < 4.78 is 3.28. The van der Waals surface area contributed by atoms with Gasteiger partial charge < -0.3 is 20.5 Å². The van der Waals surface area contributed by atoms with E-state index in [-0.39, 0.29) is 19.6 Å². The van der Waals surface area contributed by atoms with Crippen LogP contribution >= 0.6 is 11.3 Å². The van der Waals surface area contributed by atoms with Crippen molar-refractivity contribution in [2.75, 3.05) is 18.8 Å². The molecule has 0 saturated heterocycles. The Morgan fingerprint density at radius 1 is 1.06 bits per heavy atom. The van der Waals surface area contributed by atoms with Crippen LogP contribution in [0.2, 0.25) is 0 Å². The molecular formula is C24H27N5O4S. The van der Waals surface area contributed by atoms with Crippen LogP contribution in [0.3, 0.4) is 0 Å². The van der Waals surface area contributed by atoms with E-state index in [1.807, 2.05) is 35.7 Å². The average Bonchev–Trinajstić information content (AvgIpc) is 3.37. The lowest BCUT2D eigenvalue weighted by atomic mass is 10.1. The van der Waals surface area contributed by atoms with Gasteiger partial charge in [0.05, 0.1) is 28.8 Å². The van der Waals surface area contributed by atoms with Crippen LogP contribution in [-0.4, -0.2) is 54.7 Å². The van der Waals surface area contributed by atoms with Crippen LogP contribution in [0.1, 0.15) is 36.7 Å². The lowest BCUT2D eigenvalue weighted by Crippen LogP contribution is -2.33. The lowest BCUT2D eigenvalue weighted by Gasteiger charge is -2.18. The highest BCUT2D eigenvalue weighted by molar-refractivity contribution is 7.18. The second kappa shape index (κ2) is 10.2. The third kappa shape index (κ3) is 5.18. The number of anilines is 1. The number of carboxylic acid groups (broad SMARTS) is 2. The predicted molar refractivity (Wildman–Crippen MR) is 132 cm³/mol. The maximum atomic E-state index is 11.1. The number of rotatable bonds is 11. The second-order valence-electron chi connectivity index (χ2n) is 8.30. The Bertz CT molecular complexity index is 1310. The molecule has 0 amide bonds. The molecular weight excluding hydrogens is 454 g/mol. The summed E-state index contributed by atoms with van der Waals surface area (Å²) in [5, 5.41) is 20.1. The molecule has 34 heavy (non-hydrogen) atoms. The van der Waals surface area contributed by atoms with Crippen molar-refractivity contribution in [1.29, 1.82) is 0 Å². The molecule has 1 aromatic carbocycles. The number of carboxylic acids is 2. The van der Waals surface area contributed by atoms with E-state index in [9.17, 15) is 9.59 Å². The molecule has 4 N–H and O–H groups in total. The van der Waals surface area contributed by atoms with E-state index in [4.69, 9.17) is 20.9 Å². The van der Waals surface area contributed by atoms with Crippen molar-refractivity contribution in [2.24, 2.45) is 0 Å². The number of benzene rings is 1. The molecule has 0 radical (unpaired) electrons. The predicted octanol–water partition coefficient (Wildman–Crippen LogP) is 3.59. The molecule has 3 aromatic heterocycles. The minimum atomic E-state index is -1.06. The zero-order valence-corrected chi connectivity index (χ0v) is 19.7. The molecule has 178 valence electrons. The summed E-state index contributed by atoms with van der Waals surface area (Å²) in [6, 6.07) is 9.76.